The summed E-state index contributed by atoms with van der Waals surface area (Å²) >= 11 is 0. The largest absolute Gasteiger partial charge is 0.493 e. The summed E-state index contributed by atoms with van der Waals surface area (Å²) in [6.45, 7) is 1.67. The molecule has 162 valence electrons. The molecular weight excluding hydrogens is 402 g/mol. The molecule has 0 radical (unpaired) electrons. The SMILES string of the molecule is COc1cccc(C2C(C#N)=C(N)OC3=C2C(=O)CCC3)c1OC(=O)N1CCOCC1. The predicted molar refractivity (Wildman–Crippen MR) is 108 cm³/mol. The van der Waals surface area contributed by atoms with Crippen LogP contribution in [0.25, 0.3) is 0 Å². The lowest BCUT2D eigenvalue weighted by atomic mass is 9.77. The van der Waals surface area contributed by atoms with Crippen LogP contribution in [0.1, 0.15) is 30.7 Å². The number of nitriles is 1. The first-order valence-electron chi connectivity index (χ1n) is 10.1. The molecule has 0 spiro atoms. The van der Waals surface area contributed by atoms with Crippen LogP contribution in [0.2, 0.25) is 0 Å². The third-order valence-corrected chi connectivity index (χ3v) is 5.60. The molecule has 1 aromatic rings. The quantitative estimate of drug-likeness (QED) is 0.783. The van der Waals surface area contributed by atoms with E-state index in [0.29, 0.717) is 68.2 Å². The van der Waals surface area contributed by atoms with Crippen molar-refractivity contribution in [3.05, 3.63) is 46.6 Å². The second-order valence-electron chi connectivity index (χ2n) is 7.38. The Morgan fingerprint density at radius 3 is 2.77 bits per heavy atom. The first-order chi connectivity index (χ1) is 15.0. The highest BCUT2D eigenvalue weighted by molar-refractivity contribution is 5.99. The monoisotopic (exact) mass is 425 g/mol. The minimum Gasteiger partial charge on any atom is -0.493 e. The van der Waals surface area contributed by atoms with E-state index in [1.165, 1.54) is 12.0 Å². The second kappa shape index (κ2) is 8.70. The molecule has 1 fully saturated rings. The Morgan fingerprint density at radius 1 is 1.29 bits per heavy atom. The minimum atomic E-state index is -0.802. The third kappa shape index (κ3) is 3.82. The van der Waals surface area contributed by atoms with Gasteiger partial charge in [0.05, 0.1) is 26.2 Å². The number of hydrogen-bond donors (Lipinski definition) is 1. The van der Waals surface area contributed by atoms with Crippen molar-refractivity contribution in [2.75, 3.05) is 33.4 Å². The number of ether oxygens (including phenoxy) is 4. The van der Waals surface area contributed by atoms with Gasteiger partial charge in [-0.3, -0.25) is 4.79 Å². The van der Waals surface area contributed by atoms with Gasteiger partial charge in [0.25, 0.3) is 0 Å². The number of benzene rings is 1. The first kappa shape index (κ1) is 20.8. The van der Waals surface area contributed by atoms with Crippen molar-refractivity contribution >= 4 is 11.9 Å². The highest BCUT2D eigenvalue weighted by Crippen LogP contribution is 2.48. The molecule has 0 aromatic heterocycles. The molecule has 1 amide bonds. The third-order valence-electron chi connectivity index (χ3n) is 5.60. The number of para-hydroxylation sites is 1. The molecule has 0 saturated carbocycles. The van der Waals surface area contributed by atoms with Crippen LogP contribution < -0.4 is 15.2 Å². The summed E-state index contributed by atoms with van der Waals surface area (Å²) in [6, 6.07) is 7.15. The van der Waals surface area contributed by atoms with Crippen LogP contribution in [0.3, 0.4) is 0 Å². The van der Waals surface area contributed by atoms with E-state index in [9.17, 15) is 14.9 Å². The van der Waals surface area contributed by atoms with Crippen LogP contribution in [0.4, 0.5) is 4.79 Å². The van der Waals surface area contributed by atoms with Gasteiger partial charge in [0.15, 0.2) is 17.3 Å². The fourth-order valence-electron chi connectivity index (χ4n) is 4.10. The summed E-state index contributed by atoms with van der Waals surface area (Å²) in [5, 5.41) is 9.81. The highest BCUT2D eigenvalue weighted by Gasteiger charge is 2.40. The van der Waals surface area contributed by atoms with Crippen molar-refractivity contribution in [1.29, 1.82) is 5.26 Å². The minimum absolute atomic E-state index is 0.0470. The van der Waals surface area contributed by atoms with Crippen LogP contribution >= 0.6 is 0 Å². The summed E-state index contributed by atoms with van der Waals surface area (Å²) in [5.41, 5.74) is 6.97. The number of amides is 1. The highest BCUT2D eigenvalue weighted by atomic mass is 16.6. The molecule has 2 N–H and O–H groups in total. The molecule has 9 heteroatoms. The van der Waals surface area contributed by atoms with Crippen LogP contribution in [0.15, 0.2) is 41.0 Å². The van der Waals surface area contributed by atoms with Gasteiger partial charge in [-0.1, -0.05) is 12.1 Å². The Labute approximate surface area is 179 Å². The lowest BCUT2D eigenvalue weighted by Gasteiger charge is -2.32. The number of carbonyl (C=O) groups excluding carboxylic acids is 2. The lowest BCUT2D eigenvalue weighted by Crippen LogP contribution is -2.42. The van der Waals surface area contributed by atoms with Gasteiger partial charge in [-0.2, -0.15) is 5.26 Å². The fourth-order valence-corrected chi connectivity index (χ4v) is 4.10. The van der Waals surface area contributed by atoms with Crippen LogP contribution in [-0.2, 0) is 14.3 Å². The van der Waals surface area contributed by atoms with Crippen LogP contribution in [-0.4, -0.2) is 50.2 Å². The van der Waals surface area contributed by atoms with Gasteiger partial charge in [0, 0.05) is 37.1 Å². The Kier molecular flexibility index (Phi) is 5.82. The Morgan fingerprint density at radius 2 is 2.06 bits per heavy atom. The summed E-state index contributed by atoms with van der Waals surface area (Å²) in [4.78, 5) is 27.2. The van der Waals surface area contributed by atoms with Gasteiger partial charge < -0.3 is 29.6 Å². The molecule has 31 heavy (non-hydrogen) atoms. The summed E-state index contributed by atoms with van der Waals surface area (Å²) < 4.78 is 22.1. The number of ketones is 1. The van der Waals surface area contributed by atoms with Gasteiger partial charge in [-0.15, -0.1) is 0 Å². The van der Waals surface area contributed by atoms with Crippen LogP contribution in [0.5, 0.6) is 11.5 Å². The molecule has 3 aliphatic rings. The van der Waals surface area contributed by atoms with Gasteiger partial charge in [0.2, 0.25) is 5.88 Å². The number of carbonyl (C=O) groups is 2. The van der Waals surface area contributed by atoms with Crippen LogP contribution in [0, 0.1) is 11.3 Å². The van der Waals surface area contributed by atoms with Crippen molar-refractivity contribution in [1.82, 2.24) is 4.90 Å². The maximum Gasteiger partial charge on any atom is 0.415 e. The summed E-state index contributed by atoms with van der Waals surface area (Å²) in [5.74, 6) is -0.0322. The topological polar surface area (TPSA) is 124 Å². The molecule has 0 bridgehead atoms. The van der Waals surface area contributed by atoms with Crippen molar-refractivity contribution in [3.8, 4) is 17.6 Å². The number of hydrogen-bond acceptors (Lipinski definition) is 8. The molecule has 1 atom stereocenters. The molecule has 9 nitrogen and oxygen atoms in total. The number of nitrogens with two attached hydrogens (primary N) is 1. The van der Waals surface area contributed by atoms with Gasteiger partial charge in [0.1, 0.15) is 17.4 Å². The fraction of sp³-hybridized carbons (Fsp3) is 0.409. The van der Waals surface area contributed by atoms with E-state index < -0.39 is 12.0 Å². The number of rotatable bonds is 3. The first-order valence-corrected chi connectivity index (χ1v) is 10.1. The molecule has 1 saturated heterocycles. The second-order valence-corrected chi connectivity index (χ2v) is 7.38. The van der Waals surface area contributed by atoms with Gasteiger partial charge in [-0.05, 0) is 12.5 Å². The van der Waals surface area contributed by atoms with E-state index >= 15 is 0 Å². The van der Waals surface area contributed by atoms with E-state index in [4.69, 9.17) is 24.7 Å². The zero-order chi connectivity index (χ0) is 22.0. The summed E-state index contributed by atoms with van der Waals surface area (Å²) in [6.07, 6.45) is 0.991. The predicted octanol–water partition coefficient (Wildman–Crippen LogP) is 2.34. The summed E-state index contributed by atoms with van der Waals surface area (Å²) in [7, 11) is 1.46. The molecule has 2 heterocycles. The average Bonchev–Trinajstić information content (AvgIpc) is 2.79. The van der Waals surface area contributed by atoms with E-state index in [-0.39, 0.29) is 23.0 Å². The molecular formula is C22H23N3O6. The average molecular weight is 425 g/mol. The number of morpholine rings is 1. The maximum absolute atomic E-state index is 12.8. The smallest absolute Gasteiger partial charge is 0.415 e. The molecule has 2 aliphatic heterocycles. The van der Waals surface area contributed by atoms with Crippen molar-refractivity contribution in [3.63, 3.8) is 0 Å². The molecule has 4 rings (SSSR count). The number of Topliss-reactive ketones (excluding diaryl/α,β-unsaturated/α-hetero) is 1. The normalized spacial score (nSPS) is 21.2. The molecule has 1 aliphatic carbocycles. The number of allylic oxidation sites excluding steroid dienone is 3. The van der Waals surface area contributed by atoms with Crippen molar-refractivity contribution in [2.45, 2.75) is 25.2 Å². The molecule has 1 aromatic carbocycles. The molecule has 1 unspecified atom stereocenters. The van der Waals surface area contributed by atoms with Gasteiger partial charge in [-0.25, -0.2) is 4.79 Å². The lowest BCUT2D eigenvalue weighted by molar-refractivity contribution is -0.116. The maximum atomic E-state index is 12.8. The van der Waals surface area contributed by atoms with Crippen molar-refractivity contribution < 1.29 is 28.5 Å². The van der Waals surface area contributed by atoms with E-state index in [1.807, 2.05) is 0 Å². The zero-order valence-corrected chi connectivity index (χ0v) is 17.2. The Balaban J connectivity index is 1.81. The standard InChI is InChI=1S/C22H23N3O6/c1-28-17-7-2-4-13(20(17)31-22(27)25-8-10-29-11-9-25)18-14(12-23)21(24)30-16-6-3-5-15(26)19(16)18/h2,4,7,18H,3,5-6,8-11,24H2,1H3. The number of methoxy groups -OCH3 is 1. The Bertz CT molecular complexity index is 1020. The van der Waals surface area contributed by atoms with E-state index in [1.54, 1.807) is 18.2 Å². The van der Waals surface area contributed by atoms with E-state index in [0.717, 1.165) is 0 Å². The number of nitrogens with zero attached hydrogens (tertiary/aromatic N) is 2. The van der Waals surface area contributed by atoms with E-state index in [2.05, 4.69) is 6.07 Å². The van der Waals surface area contributed by atoms with Crippen molar-refractivity contribution in [2.24, 2.45) is 5.73 Å². The zero-order valence-electron chi connectivity index (χ0n) is 17.2. The Hall–Kier alpha value is -3.51. The van der Waals surface area contributed by atoms with Gasteiger partial charge >= 0.3 is 6.09 Å².